The van der Waals surface area contributed by atoms with E-state index >= 15 is 0 Å². The Morgan fingerprint density at radius 1 is 1.60 bits per heavy atom. The van der Waals surface area contributed by atoms with Crippen LogP contribution in [0.2, 0.25) is 0 Å². The molecule has 0 aromatic rings. The van der Waals surface area contributed by atoms with Gasteiger partial charge in [-0.3, -0.25) is 0 Å². The maximum Gasteiger partial charge on any atom is 0.0321 e. The van der Waals surface area contributed by atoms with Crippen LogP contribution < -0.4 is 0 Å². The van der Waals surface area contributed by atoms with Gasteiger partial charge in [0.05, 0.1) is 0 Å². The summed E-state index contributed by atoms with van der Waals surface area (Å²) in [5, 5.41) is 10.2. The second-order valence-electron chi connectivity index (χ2n) is 2.57. The lowest BCUT2D eigenvalue weighted by molar-refractivity contribution is -0.0983. The quantitative estimate of drug-likeness (QED) is 0.481. The molecule has 0 saturated carbocycles. The molecular formula is C8H17NO. The Morgan fingerprint density at radius 3 is 2.60 bits per heavy atom. The second-order valence-corrected chi connectivity index (χ2v) is 2.57. The molecule has 2 heteroatoms. The number of hydroxylamine groups is 2. The molecule has 0 aliphatic heterocycles. The summed E-state index contributed by atoms with van der Waals surface area (Å²) in [5.41, 5.74) is 0. The van der Waals surface area contributed by atoms with E-state index in [1.165, 1.54) is 5.06 Å². The van der Waals surface area contributed by atoms with Crippen molar-refractivity contribution in [2.45, 2.75) is 32.7 Å². The van der Waals surface area contributed by atoms with Gasteiger partial charge in [-0.1, -0.05) is 12.2 Å². The van der Waals surface area contributed by atoms with Crippen molar-refractivity contribution in [1.82, 2.24) is 5.06 Å². The highest BCUT2D eigenvalue weighted by Crippen LogP contribution is 2.01. The predicted octanol–water partition coefficient (Wildman–Crippen LogP) is 2.05. The molecule has 0 fully saturated rings. The van der Waals surface area contributed by atoms with Gasteiger partial charge >= 0.3 is 0 Å². The van der Waals surface area contributed by atoms with Gasteiger partial charge in [-0.25, -0.2) is 0 Å². The molecule has 0 bridgehead atoms. The summed E-state index contributed by atoms with van der Waals surface area (Å²) in [6.07, 6.45) is 6.20. The van der Waals surface area contributed by atoms with Gasteiger partial charge in [0, 0.05) is 13.1 Å². The van der Waals surface area contributed by atoms with Gasteiger partial charge in [0.2, 0.25) is 0 Å². The lowest BCUT2D eigenvalue weighted by Crippen LogP contribution is -2.24. The first-order chi connectivity index (χ1) is 4.68. The number of allylic oxidation sites excluding steroid dienone is 2. The molecule has 0 amide bonds. The minimum Gasteiger partial charge on any atom is -0.314 e. The lowest BCUT2D eigenvalue weighted by Gasteiger charge is -2.16. The molecule has 1 atom stereocenters. The van der Waals surface area contributed by atoms with Crippen LogP contribution >= 0.6 is 0 Å². The maximum atomic E-state index is 8.93. The Morgan fingerprint density at radius 2 is 2.20 bits per heavy atom. The van der Waals surface area contributed by atoms with Gasteiger partial charge < -0.3 is 5.21 Å². The Labute approximate surface area is 63.1 Å². The van der Waals surface area contributed by atoms with Crippen molar-refractivity contribution in [3.8, 4) is 0 Å². The van der Waals surface area contributed by atoms with E-state index < -0.39 is 0 Å². The largest absolute Gasteiger partial charge is 0.314 e. The van der Waals surface area contributed by atoms with Crippen LogP contribution in [0.4, 0.5) is 0 Å². The third-order valence-corrected chi connectivity index (χ3v) is 1.62. The molecule has 1 N–H and O–H groups in total. The minimum absolute atomic E-state index is 0.260. The van der Waals surface area contributed by atoms with Gasteiger partial charge in [-0.05, 0) is 26.7 Å². The van der Waals surface area contributed by atoms with Gasteiger partial charge in [-0.15, -0.1) is 0 Å². The van der Waals surface area contributed by atoms with Crippen molar-refractivity contribution in [3.05, 3.63) is 12.2 Å². The summed E-state index contributed by atoms with van der Waals surface area (Å²) in [5.74, 6) is 0. The summed E-state index contributed by atoms with van der Waals surface area (Å²) >= 11 is 0. The fraction of sp³-hybridized carbons (Fsp3) is 0.750. The van der Waals surface area contributed by atoms with E-state index in [4.69, 9.17) is 5.21 Å². The molecule has 0 heterocycles. The molecule has 0 aromatic heterocycles. The first-order valence-corrected chi connectivity index (χ1v) is 3.71. The van der Waals surface area contributed by atoms with Crippen LogP contribution in [-0.2, 0) is 0 Å². The first kappa shape index (κ1) is 9.66. The van der Waals surface area contributed by atoms with Gasteiger partial charge in [-0.2, -0.15) is 5.06 Å². The summed E-state index contributed by atoms with van der Waals surface area (Å²) < 4.78 is 0. The smallest absolute Gasteiger partial charge is 0.0321 e. The standard InChI is InChI=1S/C8H17NO/c1-4-5-6-7-8(2)9(3)10/h4-5,8,10H,6-7H2,1-3H3. The molecule has 0 saturated heterocycles. The minimum atomic E-state index is 0.260. The van der Waals surface area contributed by atoms with Crippen LogP contribution in [0, 0.1) is 0 Å². The van der Waals surface area contributed by atoms with E-state index in [2.05, 4.69) is 6.08 Å². The number of nitrogens with zero attached hydrogens (tertiary/aromatic N) is 1. The summed E-state index contributed by atoms with van der Waals surface area (Å²) in [4.78, 5) is 0. The van der Waals surface area contributed by atoms with Crippen molar-refractivity contribution < 1.29 is 5.21 Å². The first-order valence-electron chi connectivity index (χ1n) is 3.71. The Hall–Kier alpha value is -0.340. The van der Waals surface area contributed by atoms with E-state index in [0.29, 0.717) is 0 Å². The van der Waals surface area contributed by atoms with Crippen molar-refractivity contribution >= 4 is 0 Å². The van der Waals surface area contributed by atoms with E-state index in [9.17, 15) is 0 Å². The highest BCUT2D eigenvalue weighted by atomic mass is 16.5. The summed E-state index contributed by atoms with van der Waals surface area (Å²) in [6, 6.07) is 0.260. The van der Waals surface area contributed by atoms with Gasteiger partial charge in [0.1, 0.15) is 0 Å². The van der Waals surface area contributed by atoms with E-state index in [-0.39, 0.29) is 6.04 Å². The van der Waals surface area contributed by atoms with Crippen LogP contribution in [0.25, 0.3) is 0 Å². The molecule has 2 nitrogen and oxygen atoms in total. The van der Waals surface area contributed by atoms with E-state index in [1.807, 2.05) is 19.9 Å². The van der Waals surface area contributed by atoms with Crippen molar-refractivity contribution in [1.29, 1.82) is 0 Å². The van der Waals surface area contributed by atoms with Crippen LogP contribution in [-0.4, -0.2) is 23.4 Å². The summed E-state index contributed by atoms with van der Waals surface area (Å²) in [6.45, 7) is 4.01. The molecular weight excluding hydrogens is 126 g/mol. The van der Waals surface area contributed by atoms with Crippen molar-refractivity contribution in [2.75, 3.05) is 7.05 Å². The zero-order valence-corrected chi connectivity index (χ0v) is 7.04. The lowest BCUT2D eigenvalue weighted by atomic mass is 10.2. The van der Waals surface area contributed by atoms with Crippen LogP contribution in [0.1, 0.15) is 26.7 Å². The van der Waals surface area contributed by atoms with Crippen LogP contribution in [0.3, 0.4) is 0 Å². The molecule has 0 aliphatic rings. The van der Waals surface area contributed by atoms with Crippen LogP contribution in [0.15, 0.2) is 12.2 Å². The Balaban J connectivity index is 3.30. The Kier molecular flexibility index (Phi) is 5.26. The number of hydrogen-bond acceptors (Lipinski definition) is 2. The molecule has 0 rings (SSSR count). The third-order valence-electron chi connectivity index (χ3n) is 1.62. The van der Waals surface area contributed by atoms with Gasteiger partial charge in [0.25, 0.3) is 0 Å². The zero-order valence-electron chi connectivity index (χ0n) is 7.04. The zero-order chi connectivity index (χ0) is 7.98. The van der Waals surface area contributed by atoms with Crippen LogP contribution in [0.5, 0.6) is 0 Å². The monoisotopic (exact) mass is 143 g/mol. The fourth-order valence-corrected chi connectivity index (χ4v) is 0.691. The molecule has 0 radical (unpaired) electrons. The molecule has 10 heavy (non-hydrogen) atoms. The number of rotatable bonds is 4. The van der Waals surface area contributed by atoms with Crippen molar-refractivity contribution in [3.63, 3.8) is 0 Å². The molecule has 0 aromatic carbocycles. The third kappa shape index (κ3) is 4.53. The molecule has 0 spiro atoms. The topological polar surface area (TPSA) is 23.5 Å². The van der Waals surface area contributed by atoms with E-state index in [0.717, 1.165) is 12.8 Å². The molecule has 60 valence electrons. The van der Waals surface area contributed by atoms with Gasteiger partial charge in [0.15, 0.2) is 0 Å². The molecule has 0 aliphatic carbocycles. The SMILES string of the molecule is CC=CCCC(C)N(C)O. The number of hydrogen-bond donors (Lipinski definition) is 1. The van der Waals surface area contributed by atoms with Crippen molar-refractivity contribution in [2.24, 2.45) is 0 Å². The fourth-order valence-electron chi connectivity index (χ4n) is 0.691. The highest BCUT2D eigenvalue weighted by molar-refractivity contribution is 4.77. The predicted molar refractivity (Wildman–Crippen MR) is 43.1 cm³/mol. The highest BCUT2D eigenvalue weighted by Gasteiger charge is 2.02. The summed E-state index contributed by atoms with van der Waals surface area (Å²) in [7, 11) is 1.68. The average Bonchev–Trinajstić information content (AvgIpc) is 1.88. The molecule has 1 unspecified atom stereocenters. The maximum absolute atomic E-state index is 8.93. The normalized spacial score (nSPS) is 14.9. The second kappa shape index (κ2) is 5.45. The average molecular weight is 143 g/mol. The van der Waals surface area contributed by atoms with E-state index in [1.54, 1.807) is 7.05 Å². The Bertz CT molecular complexity index is 99.4.